The van der Waals surface area contributed by atoms with E-state index >= 15 is 0 Å². The van der Waals surface area contributed by atoms with E-state index in [-0.39, 0.29) is 5.56 Å². The lowest BCUT2D eigenvalue weighted by Gasteiger charge is -2.29. The average Bonchev–Trinajstić information content (AvgIpc) is 2.50. The van der Waals surface area contributed by atoms with Crippen LogP contribution in [-0.2, 0) is 0 Å². The van der Waals surface area contributed by atoms with Crippen LogP contribution < -0.4 is 5.73 Å². The molecule has 0 saturated heterocycles. The van der Waals surface area contributed by atoms with Crippen LogP contribution in [0.3, 0.4) is 0 Å². The van der Waals surface area contributed by atoms with Crippen LogP contribution in [0.4, 0.5) is 0 Å². The van der Waals surface area contributed by atoms with Crippen molar-refractivity contribution in [1.29, 1.82) is 0 Å². The maximum absolute atomic E-state index is 12.0. The van der Waals surface area contributed by atoms with Crippen molar-refractivity contribution in [3.63, 3.8) is 0 Å². The third-order valence-electron chi connectivity index (χ3n) is 2.62. The molecule has 1 heterocycles. The van der Waals surface area contributed by atoms with Crippen molar-refractivity contribution in [1.82, 2.24) is 4.90 Å². The van der Waals surface area contributed by atoms with Gasteiger partial charge in [0.1, 0.15) is 6.29 Å². The van der Waals surface area contributed by atoms with E-state index in [0.29, 0.717) is 17.4 Å². The highest BCUT2D eigenvalue weighted by Gasteiger charge is 2.42. The Labute approximate surface area is 98.2 Å². The Balaban J connectivity index is 2.57. The SMILES string of the molecule is CC(C)(N)N1C(=O)c2ccc(C=O)cc2C1=O. The molecule has 0 radical (unpaired) electrons. The standard InChI is InChI=1S/C12H12N2O3/c1-12(2,13)14-10(16)8-4-3-7(6-15)5-9(8)11(14)17/h3-6H,13H2,1-2H3. The third kappa shape index (κ3) is 1.64. The molecule has 0 aliphatic carbocycles. The van der Waals surface area contributed by atoms with Gasteiger partial charge in [-0.25, -0.2) is 0 Å². The predicted molar refractivity (Wildman–Crippen MR) is 60.6 cm³/mol. The first-order valence-corrected chi connectivity index (χ1v) is 5.13. The average molecular weight is 232 g/mol. The summed E-state index contributed by atoms with van der Waals surface area (Å²) in [5, 5.41) is 0. The van der Waals surface area contributed by atoms with Crippen LogP contribution in [0, 0.1) is 0 Å². The molecule has 0 aromatic heterocycles. The van der Waals surface area contributed by atoms with Crippen LogP contribution in [0.5, 0.6) is 0 Å². The maximum atomic E-state index is 12.0. The molecule has 1 aliphatic heterocycles. The molecule has 88 valence electrons. The molecule has 1 aromatic rings. The van der Waals surface area contributed by atoms with Crippen molar-refractivity contribution in [3.8, 4) is 0 Å². The number of nitrogens with two attached hydrogens (primary N) is 1. The lowest BCUT2D eigenvalue weighted by molar-refractivity contribution is 0.0491. The Morgan fingerprint density at radius 2 is 1.76 bits per heavy atom. The van der Waals surface area contributed by atoms with E-state index in [2.05, 4.69) is 0 Å². The number of hydrogen-bond acceptors (Lipinski definition) is 4. The molecule has 1 aliphatic rings. The highest BCUT2D eigenvalue weighted by Crippen LogP contribution is 2.27. The largest absolute Gasteiger partial charge is 0.309 e. The van der Waals surface area contributed by atoms with Crippen molar-refractivity contribution < 1.29 is 14.4 Å². The minimum atomic E-state index is -1.06. The molecular weight excluding hydrogens is 220 g/mol. The van der Waals surface area contributed by atoms with Gasteiger partial charge >= 0.3 is 0 Å². The molecule has 0 bridgehead atoms. The van der Waals surface area contributed by atoms with Crippen LogP contribution >= 0.6 is 0 Å². The Morgan fingerprint density at radius 3 is 2.29 bits per heavy atom. The van der Waals surface area contributed by atoms with Crippen LogP contribution in [0.15, 0.2) is 18.2 Å². The summed E-state index contributed by atoms with van der Waals surface area (Å²) < 4.78 is 0. The molecule has 2 amide bonds. The summed E-state index contributed by atoms with van der Waals surface area (Å²) >= 11 is 0. The number of carbonyl (C=O) groups excluding carboxylic acids is 3. The normalized spacial score (nSPS) is 15.1. The van der Waals surface area contributed by atoms with Gasteiger partial charge in [-0.2, -0.15) is 0 Å². The summed E-state index contributed by atoms with van der Waals surface area (Å²) in [6, 6.07) is 4.39. The Hall–Kier alpha value is -2.01. The molecule has 17 heavy (non-hydrogen) atoms. The smallest absolute Gasteiger partial charge is 0.263 e. The van der Waals surface area contributed by atoms with E-state index in [9.17, 15) is 14.4 Å². The zero-order chi connectivity index (χ0) is 12.8. The monoisotopic (exact) mass is 232 g/mol. The maximum Gasteiger partial charge on any atom is 0.263 e. The summed E-state index contributed by atoms with van der Waals surface area (Å²) in [5.74, 6) is -0.879. The molecule has 0 atom stereocenters. The van der Waals surface area contributed by atoms with Crippen LogP contribution in [0.25, 0.3) is 0 Å². The van der Waals surface area contributed by atoms with Crippen molar-refractivity contribution >= 4 is 18.1 Å². The number of aldehydes is 1. The number of hydrogen-bond donors (Lipinski definition) is 1. The molecule has 0 saturated carbocycles. The van der Waals surface area contributed by atoms with Gasteiger partial charge in [-0.05, 0) is 26.0 Å². The summed E-state index contributed by atoms with van der Waals surface area (Å²) in [4.78, 5) is 35.7. The summed E-state index contributed by atoms with van der Waals surface area (Å²) in [7, 11) is 0. The second kappa shape index (κ2) is 3.49. The van der Waals surface area contributed by atoms with Gasteiger partial charge in [-0.1, -0.05) is 6.07 Å². The second-order valence-electron chi connectivity index (χ2n) is 4.52. The van der Waals surface area contributed by atoms with Crippen molar-refractivity contribution in [2.24, 2.45) is 5.73 Å². The fourth-order valence-electron chi connectivity index (χ4n) is 1.86. The second-order valence-corrected chi connectivity index (χ2v) is 4.52. The molecule has 5 heteroatoms. The summed E-state index contributed by atoms with van der Waals surface area (Å²) in [5.41, 5.74) is 5.61. The topological polar surface area (TPSA) is 80.5 Å². The molecule has 2 N–H and O–H groups in total. The van der Waals surface area contributed by atoms with Gasteiger partial charge in [-0.15, -0.1) is 0 Å². The van der Waals surface area contributed by atoms with Crippen molar-refractivity contribution in [3.05, 3.63) is 34.9 Å². The van der Waals surface area contributed by atoms with E-state index in [1.165, 1.54) is 18.2 Å². The van der Waals surface area contributed by atoms with E-state index < -0.39 is 17.5 Å². The summed E-state index contributed by atoms with van der Waals surface area (Å²) in [6.45, 7) is 3.16. The van der Waals surface area contributed by atoms with E-state index in [1.54, 1.807) is 13.8 Å². The van der Waals surface area contributed by atoms with Crippen LogP contribution in [-0.4, -0.2) is 28.7 Å². The lowest BCUT2D eigenvalue weighted by Crippen LogP contribution is -2.53. The molecule has 0 fully saturated rings. The first-order chi connectivity index (χ1) is 7.86. The van der Waals surface area contributed by atoms with Gasteiger partial charge in [0, 0.05) is 5.56 Å². The number of benzene rings is 1. The van der Waals surface area contributed by atoms with Gasteiger partial charge in [0.15, 0.2) is 0 Å². The molecular formula is C12H12N2O3. The molecule has 2 rings (SSSR count). The van der Waals surface area contributed by atoms with Gasteiger partial charge in [-0.3, -0.25) is 19.3 Å². The number of amides is 2. The Morgan fingerprint density at radius 1 is 1.18 bits per heavy atom. The highest BCUT2D eigenvalue weighted by atomic mass is 16.2. The zero-order valence-electron chi connectivity index (χ0n) is 9.56. The Bertz CT molecular complexity index is 529. The number of nitrogens with zero attached hydrogens (tertiary/aromatic N) is 1. The van der Waals surface area contributed by atoms with Crippen molar-refractivity contribution in [2.75, 3.05) is 0 Å². The van der Waals surface area contributed by atoms with E-state index in [0.717, 1.165) is 4.90 Å². The number of imide groups is 1. The first-order valence-electron chi connectivity index (χ1n) is 5.13. The Kier molecular flexibility index (Phi) is 2.36. The fraction of sp³-hybridized carbons (Fsp3) is 0.250. The fourth-order valence-corrected chi connectivity index (χ4v) is 1.86. The zero-order valence-corrected chi connectivity index (χ0v) is 9.56. The molecule has 0 unspecified atom stereocenters. The van der Waals surface area contributed by atoms with Crippen molar-refractivity contribution in [2.45, 2.75) is 19.5 Å². The van der Waals surface area contributed by atoms with Gasteiger partial charge < -0.3 is 5.73 Å². The highest BCUT2D eigenvalue weighted by molar-refractivity contribution is 6.22. The summed E-state index contributed by atoms with van der Waals surface area (Å²) in [6.07, 6.45) is 0.633. The lowest BCUT2D eigenvalue weighted by atomic mass is 10.1. The van der Waals surface area contributed by atoms with Crippen LogP contribution in [0.2, 0.25) is 0 Å². The molecule has 5 nitrogen and oxygen atoms in total. The van der Waals surface area contributed by atoms with Gasteiger partial charge in [0.05, 0.1) is 16.8 Å². The van der Waals surface area contributed by atoms with E-state index in [1.807, 2.05) is 0 Å². The van der Waals surface area contributed by atoms with E-state index in [4.69, 9.17) is 5.73 Å². The number of carbonyl (C=O) groups is 3. The minimum Gasteiger partial charge on any atom is -0.309 e. The van der Waals surface area contributed by atoms with Gasteiger partial charge in [0.2, 0.25) is 0 Å². The number of rotatable bonds is 2. The minimum absolute atomic E-state index is 0.234. The quantitative estimate of drug-likeness (QED) is 0.603. The number of fused-ring (bicyclic) bond motifs is 1. The third-order valence-corrected chi connectivity index (χ3v) is 2.62. The first kappa shape index (κ1) is 11.5. The van der Waals surface area contributed by atoms with Gasteiger partial charge in [0.25, 0.3) is 11.8 Å². The molecule has 1 aromatic carbocycles. The molecule has 0 spiro atoms. The predicted octanol–water partition coefficient (Wildman–Crippen LogP) is 0.790. The van der Waals surface area contributed by atoms with Crippen LogP contribution in [0.1, 0.15) is 44.9 Å².